The number of ether oxygens (including phenoxy) is 2. The number of guanidine groups is 1. The Hall–Kier alpha value is -1.99. The number of unbranched alkanes of at least 4 members (excludes halogenated alkanes) is 1. The highest BCUT2D eigenvalue weighted by Crippen LogP contribution is 2.30. The number of piperazine rings is 1. The zero-order chi connectivity index (χ0) is 22.5. The van der Waals surface area contributed by atoms with E-state index in [1.165, 1.54) is 45.7 Å². The minimum Gasteiger partial charge on any atom is -0.490 e. The normalized spacial score (nSPS) is 16.7. The molecule has 0 bridgehead atoms. The lowest BCUT2D eigenvalue weighted by atomic mass is 10.1. The SMILES string of the molecule is CCOc1ccc(C(C)NC(=NC)NCCCCN2CCN(CC)CC2)cc1OCC. The Labute approximate surface area is 189 Å². The molecule has 0 aliphatic carbocycles. The average Bonchev–Trinajstić information content (AvgIpc) is 2.79. The Bertz CT molecular complexity index is 659. The van der Waals surface area contributed by atoms with Gasteiger partial charge in [0.1, 0.15) is 0 Å². The molecule has 1 aromatic rings. The van der Waals surface area contributed by atoms with Crippen LogP contribution in [0.5, 0.6) is 11.5 Å². The van der Waals surface area contributed by atoms with Crippen molar-refractivity contribution in [2.45, 2.75) is 46.6 Å². The highest BCUT2D eigenvalue weighted by molar-refractivity contribution is 5.80. The molecule has 0 saturated carbocycles. The Morgan fingerprint density at radius 2 is 1.68 bits per heavy atom. The predicted octanol–water partition coefficient (Wildman–Crippen LogP) is 3.13. The van der Waals surface area contributed by atoms with Crippen molar-refractivity contribution in [1.29, 1.82) is 0 Å². The minimum absolute atomic E-state index is 0.107. The number of benzene rings is 1. The molecule has 0 aromatic heterocycles. The molecule has 1 unspecified atom stereocenters. The van der Waals surface area contributed by atoms with Crippen LogP contribution in [0.3, 0.4) is 0 Å². The van der Waals surface area contributed by atoms with Crippen molar-refractivity contribution in [2.75, 3.05) is 66.1 Å². The third-order valence-corrected chi connectivity index (χ3v) is 5.75. The molecule has 0 amide bonds. The number of aliphatic imine (C=N–C) groups is 1. The monoisotopic (exact) mass is 433 g/mol. The van der Waals surface area contributed by atoms with E-state index in [1.807, 2.05) is 27.0 Å². The molecule has 1 saturated heterocycles. The van der Waals surface area contributed by atoms with Crippen LogP contribution in [0.1, 0.15) is 52.1 Å². The second-order valence-corrected chi connectivity index (χ2v) is 7.92. The molecular weight excluding hydrogens is 390 g/mol. The first kappa shape index (κ1) is 25.3. The van der Waals surface area contributed by atoms with Gasteiger partial charge in [0.25, 0.3) is 0 Å². The molecule has 7 nitrogen and oxygen atoms in total. The number of hydrogen-bond acceptors (Lipinski definition) is 5. The van der Waals surface area contributed by atoms with Crippen LogP contribution in [0, 0.1) is 0 Å². The van der Waals surface area contributed by atoms with E-state index in [-0.39, 0.29) is 6.04 Å². The summed E-state index contributed by atoms with van der Waals surface area (Å²) in [5.41, 5.74) is 1.14. The van der Waals surface area contributed by atoms with Crippen LogP contribution in [-0.4, -0.2) is 81.8 Å². The van der Waals surface area contributed by atoms with E-state index >= 15 is 0 Å². The zero-order valence-corrected chi connectivity index (χ0v) is 20.2. The summed E-state index contributed by atoms with van der Waals surface area (Å²) in [5, 5.41) is 6.93. The lowest BCUT2D eigenvalue weighted by Gasteiger charge is -2.34. The lowest BCUT2D eigenvalue weighted by Crippen LogP contribution is -2.46. The fourth-order valence-corrected chi connectivity index (χ4v) is 3.82. The predicted molar refractivity (Wildman–Crippen MR) is 129 cm³/mol. The van der Waals surface area contributed by atoms with Gasteiger partial charge in [-0.05, 0) is 64.4 Å². The third-order valence-electron chi connectivity index (χ3n) is 5.75. The smallest absolute Gasteiger partial charge is 0.191 e. The van der Waals surface area contributed by atoms with E-state index in [2.05, 4.69) is 51.4 Å². The fourth-order valence-electron chi connectivity index (χ4n) is 3.82. The van der Waals surface area contributed by atoms with Crippen molar-refractivity contribution in [3.63, 3.8) is 0 Å². The second kappa shape index (κ2) is 14.1. The summed E-state index contributed by atoms with van der Waals surface area (Å²) in [6.07, 6.45) is 2.35. The first-order valence-corrected chi connectivity index (χ1v) is 11.9. The van der Waals surface area contributed by atoms with Crippen LogP contribution < -0.4 is 20.1 Å². The topological polar surface area (TPSA) is 61.4 Å². The van der Waals surface area contributed by atoms with E-state index in [4.69, 9.17) is 9.47 Å². The van der Waals surface area contributed by atoms with Crippen molar-refractivity contribution in [2.24, 2.45) is 4.99 Å². The van der Waals surface area contributed by atoms with E-state index < -0.39 is 0 Å². The summed E-state index contributed by atoms with van der Waals surface area (Å²) < 4.78 is 11.4. The Balaban J connectivity index is 1.74. The third kappa shape index (κ3) is 8.57. The van der Waals surface area contributed by atoms with Crippen LogP contribution in [0.15, 0.2) is 23.2 Å². The van der Waals surface area contributed by atoms with Crippen LogP contribution in [0.4, 0.5) is 0 Å². The molecule has 1 aliphatic heterocycles. The molecule has 2 N–H and O–H groups in total. The van der Waals surface area contributed by atoms with Gasteiger partial charge in [-0.2, -0.15) is 0 Å². The van der Waals surface area contributed by atoms with Crippen LogP contribution in [0.25, 0.3) is 0 Å². The van der Waals surface area contributed by atoms with Gasteiger partial charge in [0, 0.05) is 39.8 Å². The number of hydrogen-bond donors (Lipinski definition) is 2. The second-order valence-electron chi connectivity index (χ2n) is 7.92. The van der Waals surface area contributed by atoms with Gasteiger partial charge in [-0.3, -0.25) is 4.99 Å². The number of nitrogens with zero attached hydrogens (tertiary/aromatic N) is 3. The molecule has 0 spiro atoms. The molecule has 0 radical (unpaired) electrons. The zero-order valence-electron chi connectivity index (χ0n) is 20.2. The molecule has 1 aromatic carbocycles. The molecule has 1 aliphatic rings. The van der Waals surface area contributed by atoms with Crippen molar-refractivity contribution >= 4 is 5.96 Å². The molecule has 31 heavy (non-hydrogen) atoms. The molecule has 2 rings (SSSR count). The molecule has 1 heterocycles. The van der Waals surface area contributed by atoms with Crippen molar-refractivity contribution in [3.8, 4) is 11.5 Å². The van der Waals surface area contributed by atoms with Gasteiger partial charge in [0.05, 0.1) is 19.3 Å². The molecule has 176 valence electrons. The maximum atomic E-state index is 5.76. The first-order chi connectivity index (χ1) is 15.1. The fraction of sp³-hybridized carbons (Fsp3) is 0.708. The maximum Gasteiger partial charge on any atom is 0.191 e. The Kier molecular flexibility index (Phi) is 11.5. The lowest BCUT2D eigenvalue weighted by molar-refractivity contribution is 0.136. The van der Waals surface area contributed by atoms with Gasteiger partial charge < -0.3 is 29.9 Å². The number of likely N-dealkylation sites (N-methyl/N-ethyl adjacent to an activating group) is 1. The summed E-state index contributed by atoms with van der Waals surface area (Å²) in [6, 6.07) is 6.23. The Morgan fingerprint density at radius 1 is 1.00 bits per heavy atom. The minimum atomic E-state index is 0.107. The summed E-state index contributed by atoms with van der Waals surface area (Å²) in [5.74, 6) is 2.41. The molecule has 1 fully saturated rings. The van der Waals surface area contributed by atoms with Crippen molar-refractivity contribution in [3.05, 3.63) is 23.8 Å². The van der Waals surface area contributed by atoms with Gasteiger partial charge in [0.15, 0.2) is 17.5 Å². The van der Waals surface area contributed by atoms with Crippen LogP contribution in [-0.2, 0) is 0 Å². The van der Waals surface area contributed by atoms with Gasteiger partial charge in [-0.1, -0.05) is 13.0 Å². The quantitative estimate of drug-likeness (QED) is 0.300. The van der Waals surface area contributed by atoms with Gasteiger partial charge in [-0.25, -0.2) is 0 Å². The van der Waals surface area contributed by atoms with E-state index in [0.717, 1.165) is 36.0 Å². The van der Waals surface area contributed by atoms with Crippen molar-refractivity contribution in [1.82, 2.24) is 20.4 Å². The maximum absolute atomic E-state index is 5.76. The summed E-state index contributed by atoms with van der Waals surface area (Å²) in [7, 11) is 1.82. The summed E-state index contributed by atoms with van der Waals surface area (Å²) in [6.45, 7) is 17.7. The van der Waals surface area contributed by atoms with Crippen LogP contribution in [0.2, 0.25) is 0 Å². The number of nitrogens with one attached hydrogen (secondary N) is 2. The summed E-state index contributed by atoms with van der Waals surface area (Å²) in [4.78, 5) is 9.50. The largest absolute Gasteiger partial charge is 0.490 e. The summed E-state index contributed by atoms with van der Waals surface area (Å²) >= 11 is 0. The standard InChI is InChI=1S/C24H43N5O2/c1-6-28-15-17-29(18-16-28)14-10-9-13-26-24(25-5)27-20(4)21-11-12-22(30-7-2)23(19-21)31-8-3/h11-12,19-20H,6-10,13-18H2,1-5H3,(H2,25,26,27). The Morgan fingerprint density at radius 3 is 2.32 bits per heavy atom. The van der Waals surface area contributed by atoms with Crippen molar-refractivity contribution < 1.29 is 9.47 Å². The van der Waals surface area contributed by atoms with Crippen LogP contribution >= 0.6 is 0 Å². The highest BCUT2D eigenvalue weighted by atomic mass is 16.5. The van der Waals surface area contributed by atoms with E-state index in [1.54, 1.807) is 0 Å². The molecular formula is C24H43N5O2. The van der Waals surface area contributed by atoms with Gasteiger partial charge in [0.2, 0.25) is 0 Å². The average molecular weight is 434 g/mol. The van der Waals surface area contributed by atoms with E-state index in [0.29, 0.717) is 13.2 Å². The van der Waals surface area contributed by atoms with Gasteiger partial charge in [-0.15, -0.1) is 0 Å². The van der Waals surface area contributed by atoms with Gasteiger partial charge >= 0.3 is 0 Å². The van der Waals surface area contributed by atoms with E-state index in [9.17, 15) is 0 Å². The first-order valence-electron chi connectivity index (χ1n) is 11.9. The molecule has 1 atom stereocenters. The highest BCUT2D eigenvalue weighted by Gasteiger charge is 2.15. The number of rotatable bonds is 12. The molecule has 7 heteroatoms.